The molecule has 1 saturated heterocycles. The summed E-state index contributed by atoms with van der Waals surface area (Å²) in [5, 5.41) is 6.36. The van der Waals surface area contributed by atoms with Crippen molar-refractivity contribution in [3.63, 3.8) is 0 Å². The Kier molecular flexibility index (Phi) is 10.5. The van der Waals surface area contributed by atoms with Crippen molar-refractivity contribution in [2.45, 2.75) is 77.7 Å². The topological polar surface area (TPSA) is 159 Å². The Morgan fingerprint density at radius 2 is 1.89 bits per heavy atom. The number of nitrogens with zero attached hydrogens (tertiary/aromatic N) is 5. The third kappa shape index (κ3) is 8.47. The van der Waals surface area contributed by atoms with Crippen LogP contribution in [0.4, 0.5) is 5.82 Å². The van der Waals surface area contributed by atoms with E-state index in [-0.39, 0.29) is 43.4 Å². The molecule has 0 spiro atoms. The number of hydroxylamine groups is 2. The number of unbranched alkanes of at least 4 members (excludes halogenated alkanes) is 2. The molecule has 0 bridgehead atoms. The number of amides is 2. The Morgan fingerprint density at radius 3 is 2.61 bits per heavy atom. The van der Waals surface area contributed by atoms with Gasteiger partial charge in [-0.05, 0) is 62.7 Å². The molecule has 4 heterocycles. The number of hydrogen-bond donors (Lipinski definition) is 1. The first-order valence-electron chi connectivity index (χ1n) is 14.5. The van der Waals surface area contributed by atoms with Gasteiger partial charge in [0.1, 0.15) is 0 Å². The average molecular weight is 629 g/mol. The summed E-state index contributed by atoms with van der Waals surface area (Å²) in [6.45, 7) is 6.94. The maximum Gasteiger partial charge on any atom is 0.333 e. The highest BCUT2D eigenvalue weighted by Crippen LogP contribution is 2.38. The van der Waals surface area contributed by atoms with Gasteiger partial charge in [0, 0.05) is 38.8 Å². The minimum atomic E-state index is -4.03. The van der Waals surface area contributed by atoms with E-state index >= 15 is 0 Å². The largest absolute Gasteiger partial charge is 0.424 e. The summed E-state index contributed by atoms with van der Waals surface area (Å²) in [5.41, 5.74) is 1.71. The summed E-state index contributed by atoms with van der Waals surface area (Å²) in [4.78, 5) is 45.1. The molecule has 44 heavy (non-hydrogen) atoms. The van der Waals surface area contributed by atoms with Crippen LogP contribution >= 0.6 is 0 Å². The molecule has 236 valence electrons. The van der Waals surface area contributed by atoms with Gasteiger partial charge < -0.3 is 9.57 Å². The van der Waals surface area contributed by atoms with E-state index in [0.29, 0.717) is 29.8 Å². The van der Waals surface area contributed by atoms with E-state index in [2.05, 4.69) is 29.6 Å². The van der Waals surface area contributed by atoms with E-state index in [4.69, 9.17) is 19.1 Å². The lowest BCUT2D eigenvalue weighted by Gasteiger charge is -2.16. The zero-order chi connectivity index (χ0) is 31.9. The average Bonchev–Trinajstić information content (AvgIpc) is 3.55. The van der Waals surface area contributed by atoms with Gasteiger partial charge in [-0.3, -0.25) is 14.1 Å². The standard InChI is InChI=1S/C30H37N5O8S/c1-22-32-34(20-11-21-44(39,40)41)27(42-22)14-7-4-6-13-24-30(2,3)23-12-10-19-33(29(23)31-24)18-9-5-8-15-28(38)43-35-25(36)16-17-26(35)37/h4,6-7,10,12-14,19H,5,8-9,11,15-18,20-21H2,1-3H3/p+1. The van der Waals surface area contributed by atoms with Gasteiger partial charge in [-0.15, -0.1) is 10.2 Å². The molecule has 1 fully saturated rings. The van der Waals surface area contributed by atoms with E-state index < -0.39 is 27.9 Å². The van der Waals surface area contributed by atoms with Gasteiger partial charge in [0.25, 0.3) is 21.9 Å². The monoisotopic (exact) mass is 628 g/mol. The second-order valence-corrected chi connectivity index (χ2v) is 12.7. The molecule has 13 nitrogen and oxygen atoms in total. The lowest BCUT2D eigenvalue weighted by molar-refractivity contribution is -0.684. The highest BCUT2D eigenvalue weighted by molar-refractivity contribution is 7.85. The lowest BCUT2D eigenvalue weighted by Crippen LogP contribution is -2.35. The van der Waals surface area contributed by atoms with Gasteiger partial charge in [0.05, 0.1) is 29.5 Å². The highest BCUT2D eigenvalue weighted by atomic mass is 32.2. The summed E-state index contributed by atoms with van der Waals surface area (Å²) < 4.78 is 38.6. The van der Waals surface area contributed by atoms with Crippen LogP contribution in [0.25, 0.3) is 0 Å². The van der Waals surface area contributed by atoms with Crippen LogP contribution in [0.1, 0.15) is 71.3 Å². The Hall–Kier alpha value is -4.17. The van der Waals surface area contributed by atoms with Gasteiger partial charge >= 0.3 is 11.8 Å². The highest BCUT2D eigenvalue weighted by Gasteiger charge is 2.41. The first kappa shape index (κ1) is 32.7. The molecule has 2 amide bonds. The van der Waals surface area contributed by atoms with Crippen molar-refractivity contribution < 1.29 is 41.5 Å². The predicted molar refractivity (Wildman–Crippen MR) is 161 cm³/mol. The number of aromatic nitrogens is 1. The molecule has 1 aromatic heterocycles. The van der Waals surface area contributed by atoms with Crippen LogP contribution in [0.3, 0.4) is 0 Å². The van der Waals surface area contributed by atoms with Crippen molar-refractivity contribution >= 4 is 45.3 Å². The summed E-state index contributed by atoms with van der Waals surface area (Å²) in [7, 11) is -4.03. The van der Waals surface area contributed by atoms with Crippen molar-refractivity contribution in [1.29, 1.82) is 0 Å². The summed E-state index contributed by atoms with van der Waals surface area (Å²) >= 11 is 0. The summed E-state index contributed by atoms with van der Waals surface area (Å²) in [6, 6.07) is 4.08. The minimum absolute atomic E-state index is 0.0755. The number of fused-ring (bicyclic) bond motifs is 1. The Morgan fingerprint density at radius 1 is 1.14 bits per heavy atom. The number of allylic oxidation sites excluding steroid dienone is 5. The summed E-state index contributed by atoms with van der Waals surface area (Å²) in [6.07, 6.45) is 13.8. The number of rotatable bonds is 14. The van der Waals surface area contributed by atoms with Crippen LogP contribution < -0.4 is 4.57 Å². The first-order chi connectivity index (χ1) is 20.8. The van der Waals surface area contributed by atoms with Crippen LogP contribution in [0, 0.1) is 0 Å². The normalized spacial score (nSPS) is 18.9. The van der Waals surface area contributed by atoms with Gasteiger partial charge in [-0.2, -0.15) is 8.42 Å². The van der Waals surface area contributed by atoms with Gasteiger partial charge in [-0.1, -0.05) is 18.2 Å². The number of carbonyl (C=O) groups excluding carboxylic acids is 3. The van der Waals surface area contributed by atoms with Crippen molar-refractivity contribution in [2.75, 3.05) is 12.3 Å². The van der Waals surface area contributed by atoms with E-state index in [0.717, 1.165) is 29.9 Å². The molecular formula is C30H38N5O8S+. The zero-order valence-electron chi connectivity index (χ0n) is 25.1. The number of hydrogen-bond acceptors (Lipinski definition) is 10. The zero-order valence-corrected chi connectivity index (χ0v) is 26.0. The molecule has 0 atom stereocenters. The number of ether oxygens (including phenoxy) is 1. The molecule has 0 unspecified atom stereocenters. The van der Waals surface area contributed by atoms with Crippen LogP contribution in [0.15, 0.2) is 64.7 Å². The number of carbonyl (C=O) groups is 3. The smallest absolute Gasteiger partial charge is 0.333 e. The second kappa shape index (κ2) is 14.1. The number of imide groups is 1. The van der Waals surface area contributed by atoms with E-state index in [1.54, 1.807) is 24.1 Å². The van der Waals surface area contributed by atoms with Gasteiger partial charge in [0.2, 0.25) is 11.8 Å². The molecule has 0 aromatic carbocycles. The lowest BCUT2D eigenvalue weighted by atomic mass is 9.82. The fourth-order valence-electron chi connectivity index (χ4n) is 4.98. The number of aliphatic imine (C=N–C) groups is 1. The molecular weight excluding hydrogens is 590 g/mol. The maximum absolute atomic E-state index is 12.0. The van der Waals surface area contributed by atoms with Crippen molar-refractivity contribution in [3.05, 3.63) is 60.2 Å². The SMILES string of the molecule is CC1=NN(CCCS(=O)(=O)O)/C(=C/C=C/C=C/C2=Nc3c(ccc[n+]3CCCCCC(=O)ON3C(=O)CCC3=O)C2(C)C)O1. The van der Waals surface area contributed by atoms with E-state index in [9.17, 15) is 22.8 Å². The van der Waals surface area contributed by atoms with Crippen LogP contribution in [0.5, 0.6) is 0 Å². The van der Waals surface area contributed by atoms with Crippen LogP contribution in [-0.2, 0) is 46.0 Å². The maximum atomic E-state index is 12.0. The van der Waals surface area contributed by atoms with Gasteiger partial charge in [-0.25, -0.2) is 14.4 Å². The summed E-state index contributed by atoms with van der Waals surface area (Å²) in [5.74, 6) is -0.101. The number of aryl methyl sites for hydroxylation is 1. The van der Waals surface area contributed by atoms with Gasteiger partial charge in [0.15, 0.2) is 5.71 Å². The quantitative estimate of drug-likeness (QED) is 0.107. The van der Waals surface area contributed by atoms with E-state index in [1.807, 2.05) is 30.5 Å². The van der Waals surface area contributed by atoms with Crippen molar-refractivity contribution in [1.82, 2.24) is 10.1 Å². The van der Waals surface area contributed by atoms with Crippen molar-refractivity contribution in [3.8, 4) is 0 Å². The molecule has 0 radical (unpaired) electrons. The van der Waals surface area contributed by atoms with Crippen LogP contribution in [-0.4, -0.2) is 64.7 Å². The third-order valence-electron chi connectivity index (χ3n) is 7.32. The molecule has 0 saturated carbocycles. The molecule has 3 aliphatic rings. The molecule has 14 heteroatoms. The fraction of sp³-hybridized carbons (Fsp3) is 0.467. The van der Waals surface area contributed by atoms with Crippen LogP contribution in [0.2, 0.25) is 0 Å². The van der Waals surface area contributed by atoms with Crippen molar-refractivity contribution in [2.24, 2.45) is 10.1 Å². The molecule has 4 rings (SSSR count). The number of pyridine rings is 1. The predicted octanol–water partition coefficient (Wildman–Crippen LogP) is 3.40. The molecule has 0 aliphatic carbocycles. The Balaban J connectivity index is 1.29. The molecule has 1 aromatic rings. The Bertz CT molecular complexity index is 1540. The number of hydrazone groups is 1. The minimum Gasteiger partial charge on any atom is -0.424 e. The third-order valence-corrected chi connectivity index (χ3v) is 8.12. The second-order valence-electron chi connectivity index (χ2n) is 11.1. The fourth-order valence-corrected chi connectivity index (χ4v) is 5.47. The van der Waals surface area contributed by atoms with E-state index in [1.165, 1.54) is 0 Å². The molecule has 3 aliphatic heterocycles. The first-order valence-corrected chi connectivity index (χ1v) is 16.2. The Labute approximate surface area is 256 Å². The molecule has 1 N–H and O–H groups in total.